The molecule has 0 amide bonds. The van der Waals surface area contributed by atoms with Gasteiger partial charge in [0.1, 0.15) is 5.75 Å². The molecular weight excluding hydrogens is 344 g/mol. The van der Waals surface area contributed by atoms with E-state index in [1.54, 1.807) is 0 Å². The van der Waals surface area contributed by atoms with Gasteiger partial charge in [-0.3, -0.25) is 0 Å². The van der Waals surface area contributed by atoms with E-state index in [1.807, 2.05) is 0 Å². The molecule has 1 saturated carbocycles. The minimum absolute atomic E-state index is 0.525. The van der Waals surface area contributed by atoms with Gasteiger partial charge in [0.25, 0.3) is 0 Å². The van der Waals surface area contributed by atoms with Crippen molar-refractivity contribution in [2.24, 2.45) is 5.92 Å². The summed E-state index contributed by atoms with van der Waals surface area (Å²) in [6.07, 6.45) is 8.48. The Kier molecular flexibility index (Phi) is 7.19. The zero-order valence-corrected chi connectivity index (χ0v) is 16.1. The third kappa shape index (κ3) is 5.75. The zero-order valence-electron chi connectivity index (χ0n) is 16.1. The molecule has 1 heterocycles. The molecule has 0 unspecified atom stereocenters. The maximum Gasteiger partial charge on any atom is 0.218 e. The van der Waals surface area contributed by atoms with E-state index in [-0.39, 0.29) is 0 Å². The lowest BCUT2D eigenvalue weighted by Gasteiger charge is -2.29. The fourth-order valence-corrected chi connectivity index (χ4v) is 3.94. The molecule has 0 bridgehead atoms. The number of unbranched alkanes of at least 4 members (excludes halogenated alkanes) is 1. The summed E-state index contributed by atoms with van der Waals surface area (Å²) in [5, 5.41) is 0. The van der Waals surface area contributed by atoms with Gasteiger partial charge in [-0.25, -0.2) is 0 Å². The van der Waals surface area contributed by atoms with Crippen LogP contribution >= 0.6 is 0 Å². The minimum Gasteiger partial charge on any atom is -0.494 e. The number of ether oxygens (including phenoxy) is 1. The van der Waals surface area contributed by atoms with Crippen LogP contribution in [0.15, 0.2) is 36.4 Å². The Bertz CT molecular complexity index is 709. The highest BCUT2D eigenvalue weighted by Crippen LogP contribution is 2.38. The average molecular weight is 373 g/mol. The number of hydrogen-bond acceptors (Lipinski definition) is 2. The molecule has 0 aliphatic heterocycles. The molecule has 0 N–H and O–H groups in total. The van der Waals surface area contributed by atoms with Crippen molar-refractivity contribution in [1.29, 1.82) is 0 Å². The van der Waals surface area contributed by atoms with Crippen LogP contribution in [-0.2, 0) is 6.42 Å². The summed E-state index contributed by atoms with van der Waals surface area (Å²) in [6.45, 7) is 2.95. The molecule has 1 aliphatic carbocycles. The van der Waals surface area contributed by atoms with Gasteiger partial charge >= 0.3 is 0 Å². The van der Waals surface area contributed by atoms with Gasteiger partial charge in [-0.1, -0.05) is 25.5 Å². The third-order valence-electron chi connectivity index (χ3n) is 5.68. The van der Waals surface area contributed by atoms with Crippen molar-refractivity contribution in [2.75, 3.05) is 6.61 Å². The molecule has 146 valence electrons. The highest BCUT2D eigenvalue weighted by molar-refractivity contribution is 5.29. The zero-order chi connectivity index (χ0) is 19.1. The van der Waals surface area contributed by atoms with E-state index in [0.29, 0.717) is 23.8 Å². The van der Waals surface area contributed by atoms with Crippen LogP contribution in [0, 0.1) is 17.8 Å². The predicted molar refractivity (Wildman–Crippen MR) is 104 cm³/mol. The average Bonchev–Trinajstić information content (AvgIpc) is 2.69. The molecule has 2 nitrogen and oxygen atoms in total. The molecular formula is C23H29F2NO. The first-order valence-electron chi connectivity index (χ1n) is 10.2. The van der Waals surface area contributed by atoms with Crippen LogP contribution < -0.4 is 4.74 Å². The Morgan fingerprint density at radius 1 is 1.00 bits per heavy atom. The lowest BCUT2D eigenvalue weighted by atomic mass is 9.77. The lowest BCUT2D eigenvalue weighted by molar-refractivity contribution is 0.305. The molecule has 0 saturated heterocycles. The van der Waals surface area contributed by atoms with Gasteiger partial charge in [0, 0.05) is 5.56 Å². The second kappa shape index (κ2) is 9.82. The Labute approximate surface area is 161 Å². The number of hydrogen-bond donors (Lipinski definition) is 0. The Hall–Kier alpha value is -1.97. The molecule has 1 aromatic heterocycles. The number of nitrogens with zero attached hydrogens (tertiary/aromatic N) is 1. The number of aromatic nitrogens is 1. The van der Waals surface area contributed by atoms with E-state index < -0.39 is 11.9 Å². The van der Waals surface area contributed by atoms with Crippen molar-refractivity contribution >= 4 is 0 Å². The van der Waals surface area contributed by atoms with Crippen LogP contribution in [-0.4, -0.2) is 11.6 Å². The summed E-state index contributed by atoms with van der Waals surface area (Å²) in [5.41, 5.74) is 1.92. The molecule has 0 radical (unpaired) electrons. The van der Waals surface area contributed by atoms with Crippen molar-refractivity contribution in [2.45, 2.75) is 64.2 Å². The van der Waals surface area contributed by atoms with Gasteiger partial charge < -0.3 is 4.74 Å². The molecule has 1 aliphatic rings. The second-order valence-corrected chi connectivity index (χ2v) is 7.61. The van der Waals surface area contributed by atoms with Crippen molar-refractivity contribution in [1.82, 2.24) is 4.98 Å². The van der Waals surface area contributed by atoms with Crippen LogP contribution in [0.3, 0.4) is 0 Å². The number of halogens is 2. The van der Waals surface area contributed by atoms with Gasteiger partial charge in [0.2, 0.25) is 11.9 Å². The summed E-state index contributed by atoms with van der Waals surface area (Å²) in [7, 11) is 0. The van der Waals surface area contributed by atoms with Crippen molar-refractivity contribution in [3.05, 3.63) is 59.4 Å². The standard InChI is InChI=1S/C23H29F2NO/c1-2-3-16-27-21-13-10-19(11-14-21)18-7-4-17(5-8-18)6-9-20-12-15-22(24)26-23(20)25/h10-15,17-18H,2-9,16H2,1H3. The first kappa shape index (κ1) is 19.8. The summed E-state index contributed by atoms with van der Waals surface area (Å²) in [5.74, 6) is 0.761. The van der Waals surface area contributed by atoms with E-state index in [0.717, 1.165) is 44.5 Å². The summed E-state index contributed by atoms with van der Waals surface area (Å²) in [6, 6.07) is 11.3. The number of benzene rings is 1. The quantitative estimate of drug-likeness (QED) is 0.392. The van der Waals surface area contributed by atoms with Crippen LogP contribution in [0.5, 0.6) is 5.75 Å². The molecule has 1 fully saturated rings. The second-order valence-electron chi connectivity index (χ2n) is 7.61. The molecule has 1 aromatic carbocycles. The summed E-state index contributed by atoms with van der Waals surface area (Å²) >= 11 is 0. The smallest absolute Gasteiger partial charge is 0.218 e. The van der Waals surface area contributed by atoms with E-state index in [9.17, 15) is 8.78 Å². The minimum atomic E-state index is -0.751. The monoisotopic (exact) mass is 373 g/mol. The largest absolute Gasteiger partial charge is 0.494 e. The first-order valence-corrected chi connectivity index (χ1v) is 10.2. The van der Waals surface area contributed by atoms with E-state index in [4.69, 9.17) is 4.74 Å². The van der Waals surface area contributed by atoms with Crippen LogP contribution in [0.2, 0.25) is 0 Å². The maximum atomic E-state index is 13.7. The molecule has 0 spiro atoms. The van der Waals surface area contributed by atoms with E-state index in [2.05, 4.69) is 36.2 Å². The molecule has 3 rings (SSSR count). The van der Waals surface area contributed by atoms with Crippen LogP contribution in [0.4, 0.5) is 8.78 Å². The molecule has 27 heavy (non-hydrogen) atoms. The Morgan fingerprint density at radius 2 is 1.74 bits per heavy atom. The highest BCUT2D eigenvalue weighted by atomic mass is 19.1. The molecule has 4 heteroatoms. The van der Waals surface area contributed by atoms with Gasteiger partial charge in [0.05, 0.1) is 6.61 Å². The third-order valence-corrected chi connectivity index (χ3v) is 5.68. The predicted octanol–water partition coefficient (Wildman–Crippen LogP) is 6.45. The fraction of sp³-hybridized carbons (Fsp3) is 0.522. The van der Waals surface area contributed by atoms with Gasteiger partial charge in [-0.15, -0.1) is 0 Å². The normalized spacial score (nSPS) is 19.8. The number of pyridine rings is 1. The van der Waals surface area contributed by atoms with Crippen molar-refractivity contribution < 1.29 is 13.5 Å². The summed E-state index contributed by atoms with van der Waals surface area (Å²) < 4.78 is 32.3. The van der Waals surface area contributed by atoms with Crippen LogP contribution in [0.1, 0.15) is 68.9 Å². The SMILES string of the molecule is CCCCOc1ccc(C2CCC(CCc3ccc(F)nc3F)CC2)cc1. The van der Waals surface area contributed by atoms with Crippen LogP contribution in [0.25, 0.3) is 0 Å². The van der Waals surface area contributed by atoms with E-state index in [1.165, 1.54) is 30.5 Å². The Balaban J connectivity index is 1.44. The van der Waals surface area contributed by atoms with Gasteiger partial charge in [0.15, 0.2) is 0 Å². The number of rotatable bonds is 8. The van der Waals surface area contributed by atoms with Gasteiger partial charge in [-0.2, -0.15) is 13.8 Å². The lowest BCUT2D eigenvalue weighted by Crippen LogP contribution is -2.14. The van der Waals surface area contributed by atoms with E-state index >= 15 is 0 Å². The van der Waals surface area contributed by atoms with Crippen molar-refractivity contribution in [3.63, 3.8) is 0 Å². The van der Waals surface area contributed by atoms with Crippen molar-refractivity contribution in [3.8, 4) is 5.75 Å². The summed E-state index contributed by atoms with van der Waals surface area (Å²) in [4.78, 5) is 3.28. The Morgan fingerprint density at radius 3 is 2.41 bits per heavy atom. The first-order chi connectivity index (χ1) is 13.2. The molecule has 2 aromatic rings. The maximum absolute atomic E-state index is 13.7. The molecule has 0 atom stereocenters. The fourth-order valence-electron chi connectivity index (χ4n) is 3.94. The number of aryl methyl sites for hydroxylation is 1. The topological polar surface area (TPSA) is 22.1 Å². The van der Waals surface area contributed by atoms with Gasteiger partial charge in [-0.05, 0) is 86.6 Å². The highest BCUT2D eigenvalue weighted by Gasteiger charge is 2.22.